The summed E-state index contributed by atoms with van der Waals surface area (Å²) in [6, 6.07) is 1.43. The van der Waals surface area contributed by atoms with Crippen LogP contribution in [0.25, 0.3) is 0 Å². The molecular weight excluding hydrogens is 234 g/mol. The van der Waals surface area contributed by atoms with Crippen LogP contribution in [0.15, 0.2) is 0 Å². The number of piperidine rings is 2. The van der Waals surface area contributed by atoms with Crippen LogP contribution in [0.5, 0.6) is 0 Å². The highest BCUT2D eigenvalue weighted by atomic mass is 15.2. The standard InChI is InChI=1S/C16H33N3/c1-13-11-19(5)14(2)10-15(13)17-12-16(3)6-8-18(4)9-7-16/h13-15,17H,6-12H2,1-5H3. The molecule has 2 fully saturated rings. The van der Waals surface area contributed by atoms with Gasteiger partial charge in [-0.1, -0.05) is 13.8 Å². The van der Waals surface area contributed by atoms with Crippen LogP contribution in [-0.2, 0) is 0 Å². The van der Waals surface area contributed by atoms with Crippen molar-refractivity contribution in [3.05, 3.63) is 0 Å². The number of nitrogens with one attached hydrogen (secondary N) is 1. The molecule has 0 bridgehead atoms. The second kappa shape index (κ2) is 6.11. The summed E-state index contributed by atoms with van der Waals surface area (Å²) in [6.45, 7) is 12.2. The van der Waals surface area contributed by atoms with Crippen LogP contribution in [-0.4, -0.2) is 62.2 Å². The molecule has 0 spiro atoms. The number of rotatable bonds is 3. The van der Waals surface area contributed by atoms with E-state index < -0.39 is 0 Å². The average molecular weight is 267 g/mol. The van der Waals surface area contributed by atoms with Gasteiger partial charge in [0, 0.05) is 25.2 Å². The number of hydrogen-bond donors (Lipinski definition) is 1. The Balaban J connectivity index is 1.81. The predicted molar refractivity (Wildman–Crippen MR) is 82.5 cm³/mol. The summed E-state index contributed by atoms with van der Waals surface area (Å²) in [5, 5.41) is 3.90. The predicted octanol–water partition coefficient (Wildman–Crippen LogP) is 2.04. The molecule has 3 unspecified atom stereocenters. The Morgan fingerprint density at radius 1 is 1.16 bits per heavy atom. The second-order valence-corrected chi connectivity index (χ2v) is 7.60. The van der Waals surface area contributed by atoms with Gasteiger partial charge >= 0.3 is 0 Å². The number of nitrogens with zero attached hydrogens (tertiary/aromatic N) is 2. The highest BCUT2D eigenvalue weighted by Crippen LogP contribution is 2.30. The Hall–Kier alpha value is -0.120. The normalized spacial score (nSPS) is 37.4. The van der Waals surface area contributed by atoms with Crippen molar-refractivity contribution >= 4 is 0 Å². The molecule has 2 heterocycles. The summed E-state index contributed by atoms with van der Waals surface area (Å²) in [7, 11) is 4.50. The molecular formula is C16H33N3. The van der Waals surface area contributed by atoms with Crippen LogP contribution >= 0.6 is 0 Å². The van der Waals surface area contributed by atoms with Crippen LogP contribution in [0.1, 0.15) is 40.0 Å². The molecule has 0 amide bonds. The second-order valence-electron chi connectivity index (χ2n) is 7.60. The molecule has 2 rings (SSSR count). The first-order valence-corrected chi connectivity index (χ1v) is 8.02. The van der Waals surface area contributed by atoms with Crippen LogP contribution < -0.4 is 5.32 Å². The first-order chi connectivity index (χ1) is 8.89. The average Bonchev–Trinajstić information content (AvgIpc) is 2.36. The van der Waals surface area contributed by atoms with E-state index in [0.29, 0.717) is 11.5 Å². The van der Waals surface area contributed by atoms with Gasteiger partial charge in [-0.15, -0.1) is 0 Å². The molecule has 3 heteroatoms. The van der Waals surface area contributed by atoms with E-state index >= 15 is 0 Å². The topological polar surface area (TPSA) is 18.5 Å². The Morgan fingerprint density at radius 2 is 1.79 bits per heavy atom. The van der Waals surface area contributed by atoms with E-state index in [1.54, 1.807) is 0 Å². The summed E-state index contributed by atoms with van der Waals surface area (Å²) in [4.78, 5) is 4.96. The lowest BCUT2D eigenvalue weighted by atomic mass is 9.79. The zero-order valence-electron chi connectivity index (χ0n) is 13.6. The molecule has 0 aromatic carbocycles. The van der Waals surface area contributed by atoms with Gasteiger partial charge in [0.1, 0.15) is 0 Å². The summed E-state index contributed by atoms with van der Waals surface area (Å²) >= 11 is 0. The zero-order valence-corrected chi connectivity index (χ0v) is 13.6. The Morgan fingerprint density at radius 3 is 2.42 bits per heavy atom. The van der Waals surface area contributed by atoms with E-state index in [1.807, 2.05) is 0 Å². The van der Waals surface area contributed by atoms with Crippen LogP contribution in [0.2, 0.25) is 0 Å². The van der Waals surface area contributed by atoms with Gasteiger partial charge in [0.15, 0.2) is 0 Å². The molecule has 0 aliphatic carbocycles. The highest BCUT2D eigenvalue weighted by Gasteiger charge is 2.32. The summed E-state index contributed by atoms with van der Waals surface area (Å²) in [5.41, 5.74) is 0.513. The molecule has 3 atom stereocenters. The van der Waals surface area contributed by atoms with Gasteiger partial charge in [-0.3, -0.25) is 0 Å². The molecule has 0 radical (unpaired) electrons. The number of likely N-dealkylation sites (tertiary alicyclic amines) is 2. The van der Waals surface area contributed by atoms with Gasteiger partial charge in [0.25, 0.3) is 0 Å². The van der Waals surface area contributed by atoms with Crippen molar-refractivity contribution in [1.29, 1.82) is 0 Å². The van der Waals surface area contributed by atoms with E-state index in [4.69, 9.17) is 0 Å². The Bertz CT molecular complexity index is 284. The third-order valence-electron chi connectivity index (χ3n) is 5.60. The quantitative estimate of drug-likeness (QED) is 0.844. The molecule has 2 aliphatic heterocycles. The van der Waals surface area contributed by atoms with Crippen molar-refractivity contribution in [3.8, 4) is 0 Å². The minimum atomic E-state index is 0.513. The van der Waals surface area contributed by atoms with Crippen molar-refractivity contribution in [1.82, 2.24) is 15.1 Å². The van der Waals surface area contributed by atoms with Crippen molar-refractivity contribution in [3.63, 3.8) is 0 Å². The minimum absolute atomic E-state index is 0.513. The van der Waals surface area contributed by atoms with Crippen molar-refractivity contribution in [2.45, 2.75) is 52.1 Å². The van der Waals surface area contributed by atoms with Crippen molar-refractivity contribution in [2.75, 3.05) is 40.3 Å². The van der Waals surface area contributed by atoms with E-state index in [-0.39, 0.29) is 0 Å². The fourth-order valence-electron chi connectivity index (χ4n) is 3.54. The van der Waals surface area contributed by atoms with Crippen LogP contribution in [0, 0.1) is 11.3 Å². The molecule has 3 nitrogen and oxygen atoms in total. The SMILES string of the molecule is CC1CN(C)C(C)CC1NCC1(C)CCN(C)CC1. The fraction of sp³-hybridized carbons (Fsp3) is 1.00. The van der Waals surface area contributed by atoms with Gasteiger partial charge in [-0.25, -0.2) is 0 Å². The lowest BCUT2D eigenvalue weighted by molar-refractivity contribution is 0.0953. The third-order valence-corrected chi connectivity index (χ3v) is 5.60. The summed E-state index contributed by atoms with van der Waals surface area (Å²) in [5.74, 6) is 0.774. The molecule has 0 aromatic heterocycles. The van der Waals surface area contributed by atoms with Gasteiger partial charge in [-0.2, -0.15) is 0 Å². The molecule has 19 heavy (non-hydrogen) atoms. The molecule has 0 saturated carbocycles. The maximum absolute atomic E-state index is 3.90. The van der Waals surface area contributed by atoms with E-state index in [1.165, 1.54) is 45.4 Å². The van der Waals surface area contributed by atoms with Crippen molar-refractivity contribution < 1.29 is 0 Å². The molecule has 2 saturated heterocycles. The van der Waals surface area contributed by atoms with Crippen LogP contribution in [0.3, 0.4) is 0 Å². The van der Waals surface area contributed by atoms with Gasteiger partial charge in [0.05, 0.1) is 0 Å². The van der Waals surface area contributed by atoms with E-state index in [0.717, 1.165) is 12.0 Å². The Kier molecular flexibility index (Phi) is 4.91. The summed E-state index contributed by atoms with van der Waals surface area (Å²) in [6.07, 6.45) is 3.98. The third kappa shape index (κ3) is 3.93. The minimum Gasteiger partial charge on any atom is -0.313 e. The maximum atomic E-state index is 3.90. The maximum Gasteiger partial charge on any atom is 0.0120 e. The van der Waals surface area contributed by atoms with E-state index in [2.05, 4.69) is 50.0 Å². The molecule has 112 valence electrons. The first kappa shape index (κ1) is 15.3. The summed E-state index contributed by atoms with van der Waals surface area (Å²) < 4.78 is 0. The molecule has 0 aromatic rings. The molecule has 1 N–H and O–H groups in total. The first-order valence-electron chi connectivity index (χ1n) is 8.02. The van der Waals surface area contributed by atoms with Crippen LogP contribution in [0.4, 0.5) is 0 Å². The van der Waals surface area contributed by atoms with Gasteiger partial charge in [-0.05, 0) is 64.7 Å². The lowest BCUT2D eigenvalue weighted by Gasteiger charge is -2.43. The molecule has 2 aliphatic rings. The zero-order chi connectivity index (χ0) is 14.0. The monoisotopic (exact) mass is 267 g/mol. The largest absolute Gasteiger partial charge is 0.313 e. The van der Waals surface area contributed by atoms with Crippen molar-refractivity contribution in [2.24, 2.45) is 11.3 Å². The Labute approximate surface area is 119 Å². The fourth-order valence-corrected chi connectivity index (χ4v) is 3.54. The van der Waals surface area contributed by atoms with Gasteiger partial charge < -0.3 is 15.1 Å². The highest BCUT2D eigenvalue weighted by molar-refractivity contribution is 4.89. The van der Waals surface area contributed by atoms with E-state index in [9.17, 15) is 0 Å². The smallest absolute Gasteiger partial charge is 0.0120 e. The number of hydrogen-bond acceptors (Lipinski definition) is 3. The lowest BCUT2D eigenvalue weighted by Crippen LogP contribution is -2.53. The van der Waals surface area contributed by atoms with Gasteiger partial charge in [0.2, 0.25) is 0 Å².